The van der Waals surface area contributed by atoms with Crippen LogP contribution >= 0.6 is 0 Å². The van der Waals surface area contributed by atoms with Gasteiger partial charge in [0.05, 0.1) is 18.7 Å². The third kappa shape index (κ3) is 3.06. The number of nitrogens with zero attached hydrogens (tertiary/aromatic N) is 2. The molecule has 1 aliphatic carbocycles. The van der Waals surface area contributed by atoms with Gasteiger partial charge in [0.1, 0.15) is 5.82 Å². The van der Waals surface area contributed by atoms with Gasteiger partial charge in [0.2, 0.25) is 5.91 Å². The Kier molecular flexibility index (Phi) is 4.27. The molecule has 1 amide bonds. The molecule has 0 spiro atoms. The predicted octanol–water partition coefficient (Wildman–Crippen LogP) is 2.47. The molecular formula is C18H23N3O. The molecule has 3 rings (SSSR count). The molecule has 116 valence electrons. The molecule has 0 unspecified atom stereocenters. The van der Waals surface area contributed by atoms with Gasteiger partial charge in [-0.3, -0.25) is 4.79 Å². The largest absolute Gasteiger partial charge is 0.349 e. The second-order valence-electron chi connectivity index (χ2n) is 6.07. The van der Waals surface area contributed by atoms with Crippen molar-refractivity contribution in [3.05, 3.63) is 52.6 Å². The smallest absolute Gasteiger partial charge is 0.224 e. The zero-order valence-electron chi connectivity index (χ0n) is 13.4. The van der Waals surface area contributed by atoms with Crippen LogP contribution in [0.25, 0.3) is 0 Å². The minimum atomic E-state index is 0.0512. The van der Waals surface area contributed by atoms with Gasteiger partial charge in [-0.05, 0) is 43.7 Å². The maximum atomic E-state index is 12.1. The molecular weight excluding hydrogens is 274 g/mol. The number of rotatable bonds is 4. The molecule has 0 aliphatic heterocycles. The summed E-state index contributed by atoms with van der Waals surface area (Å²) in [6.45, 7) is 2.55. The molecule has 1 aliphatic rings. The average Bonchev–Trinajstić information content (AvgIpc) is 2.84. The molecule has 1 N–H and O–H groups in total. The van der Waals surface area contributed by atoms with E-state index < -0.39 is 0 Å². The highest BCUT2D eigenvalue weighted by Crippen LogP contribution is 2.21. The number of hydrogen-bond donors (Lipinski definition) is 1. The molecule has 1 heterocycles. The van der Waals surface area contributed by atoms with E-state index in [2.05, 4.69) is 16.9 Å². The monoisotopic (exact) mass is 297 g/mol. The Hall–Kier alpha value is -2.10. The topological polar surface area (TPSA) is 46.9 Å². The third-order valence-electron chi connectivity index (χ3n) is 4.52. The molecule has 0 saturated carbocycles. The molecule has 0 atom stereocenters. The van der Waals surface area contributed by atoms with E-state index in [0.717, 1.165) is 29.8 Å². The number of nitrogens with one attached hydrogen (secondary N) is 1. The van der Waals surface area contributed by atoms with Crippen molar-refractivity contribution in [2.45, 2.75) is 45.6 Å². The normalized spacial score (nSPS) is 13.7. The van der Waals surface area contributed by atoms with Crippen molar-refractivity contribution < 1.29 is 4.79 Å². The highest BCUT2D eigenvalue weighted by Gasteiger charge is 2.18. The van der Waals surface area contributed by atoms with E-state index in [1.807, 2.05) is 31.2 Å². The van der Waals surface area contributed by atoms with Gasteiger partial charge in [-0.2, -0.15) is 0 Å². The number of benzene rings is 1. The van der Waals surface area contributed by atoms with E-state index in [0.29, 0.717) is 13.0 Å². The lowest BCUT2D eigenvalue weighted by molar-refractivity contribution is -0.120. The second-order valence-corrected chi connectivity index (χ2v) is 6.07. The SMILES string of the molecule is Cc1ccccc1CC(=O)NCc1nc2c(n1C)CCCC2. The van der Waals surface area contributed by atoms with Crippen LogP contribution in [0.5, 0.6) is 0 Å². The summed E-state index contributed by atoms with van der Waals surface area (Å²) in [6.07, 6.45) is 5.07. The summed E-state index contributed by atoms with van der Waals surface area (Å²) in [5.74, 6) is 1.01. The first-order valence-electron chi connectivity index (χ1n) is 7.99. The lowest BCUT2D eigenvalue weighted by atomic mass is 10.0. The van der Waals surface area contributed by atoms with Gasteiger partial charge in [-0.15, -0.1) is 0 Å². The van der Waals surface area contributed by atoms with Crippen molar-refractivity contribution in [3.8, 4) is 0 Å². The van der Waals surface area contributed by atoms with Crippen LogP contribution in [0.1, 0.15) is 41.2 Å². The summed E-state index contributed by atoms with van der Waals surface area (Å²) in [5, 5.41) is 3.00. The van der Waals surface area contributed by atoms with Gasteiger partial charge in [-0.25, -0.2) is 4.98 Å². The van der Waals surface area contributed by atoms with E-state index >= 15 is 0 Å². The summed E-state index contributed by atoms with van der Waals surface area (Å²) < 4.78 is 2.16. The van der Waals surface area contributed by atoms with Crippen LogP contribution in [0.15, 0.2) is 24.3 Å². The fourth-order valence-electron chi connectivity index (χ4n) is 3.12. The number of carbonyl (C=O) groups is 1. The number of aromatic nitrogens is 2. The van der Waals surface area contributed by atoms with Gasteiger partial charge in [-0.1, -0.05) is 24.3 Å². The van der Waals surface area contributed by atoms with E-state index in [1.165, 1.54) is 24.2 Å². The van der Waals surface area contributed by atoms with Gasteiger partial charge in [0.15, 0.2) is 0 Å². The molecule has 4 heteroatoms. The second kappa shape index (κ2) is 6.34. The van der Waals surface area contributed by atoms with E-state index in [1.54, 1.807) is 0 Å². The summed E-state index contributed by atoms with van der Waals surface area (Å²) in [7, 11) is 2.06. The van der Waals surface area contributed by atoms with Crippen LogP contribution in [0.3, 0.4) is 0 Å². The fraction of sp³-hybridized carbons (Fsp3) is 0.444. The number of aryl methyl sites for hydroxylation is 2. The van der Waals surface area contributed by atoms with Crippen LogP contribution in [-0.4, -0.2) is 15.5 Å². The quantitative estimate of drug-likeness (QED) is 0.942. The lowest BCUT2D eigenvalue weighted by Gasteiger charge is -2.11. The Balaban J connectivity index is 1.62. The molecule has 0 bridgehead atoms. The first-order chi connectivity index (χ1) is 10.6. The maximum absolute atomic E-state index is 12.1. The molecule has 22 heavy (non-hydrogen) atoms. The van der Waals surface area contributed by atoms with Gasteiger partial charge in [0, 0.05) is 12.7 Å². The molecule has 0 radical (unpaired) electrons. The Labute approximate surface area is 131 Å². The minimum Gasteiger partial charge on any atom is -0.349 e. The van der Waals surface area contributed by atoms with Gasteiger partial charge >= 0.3 is 0 Å². The Morgan fingerprint density at radius 1 is 1.27 bits per heavy atom. The first kappa shape index (κ1) is 14.8. The van der Waals surface area contributed by atoms with Crippen molar-refractivity contribution in [3.63, 3.8) is 0 Å². The molecule has 0 saturated heterocycles. The van der Waals surface area contributed by atoms with Crippen LogP contribution in [0.4, 0.5) is 0 Å². The van der Waals surface area contributed by atoms with Crippen LogP contribution in [0, 0.1) is 6.92 Å². The Morgan fingerprint density at radius 3 is 2.82 bits per heavy atom. The number of carbonyl (C=O) groups excluding carboxylic acids is 1. The van der Waals surface area contributed by atoms with Crippen LogP contribution < -0.4 is 5.32 Å². The molecule has 1 aromatic heterocycles. The van der Waals surface area contributed by atoms with Crippen molar-refractivity contribution in [1.82, 2.24) is 14.9 Å². The zero-order valence-corrected chi connectivity index (χ0v) is 13.4. The fourth-order valence-corrected chi connectivity index (χ4v) is 3.12. The van der Waals surface area contributed by atoms with E-state index in [4.69, 9.17) is 4.98 Å². The molecule has 4 nitrogen and oxygen atoms in total. The highest BCUT2D eigenvalue weighted by atomic mass is 16.1. The number of imidazole rings is 1. The Bertz CT molecular complexity index is 688. The lowest BCUT2D eigenvalue weighted by Crippen LogP contribution is -2.26. The molecule has 2 aromatic rings. The van der Waals surface area contributed by atoms with Crippen molar-refractivity contribution >= 4 is 5.91 Å². The standard InChI is InChI=1S/C18H23N3O/c1-13-7-3-4-8-14(13)11-18(22)19-12-17-20-15-9-5-6-10-16(15)21(17)2/h3-4,7-8H,5-6,9-12H2,1-2H3,(H,19,22). The van der Waals surface area contributed by atoms with Crippen molar-refractivity contribution in [2.75, 3.05) is 0 Å². The summed E-state index contributed by atoms with van der Waals surface area (Å²) >= 11 is 0. The number of fused-ring (bicyclic) bond motifs is 1. The molecule has 0 fully saturated rings. The van der Waals surface area contributed by atoms with Crippen LogP contribution in [0.2, 0.25) is 0 Å². The maximum Gasteiger partial charge on any atom is 0.224 e. The number of amides is 1. The van der Waals surface area contributed by atoms with E-state index in [-0.39, 0.29) is 5.91 Å². The average molecular weight is 297 g/mol. The highest BCUT2D eigenvalue weighted by molar-refractivity contribution is 5.78. The zero-order chi connectivity index (χ0) is 15.5. The summed E-state index contributed by atoms with van der Waals surface area (Å²) in [4.78, 5) is 16.8. The van der Waals surface area contributed by atoms with Gasteiger partial charge in [0.25, 0.3) is 0 Å². The third-order valence-corrected chi connectivity index (χ3v) is 4.52. The van der Waals surface area contributed by atoms with E-state index in [9.17, 15) is 4.79 Å². The first-order valence-corrected chi connectivity index (χ1v) is 7.99. The predicted molar refractivity (Wildman–Crippen MR) is 86.6 cm³/mol. The van der Waals surface area contributed by atoms with Crippen molar-refractivity contribution in [1.29, 1.82) is 0 Å². The number of hydrogen-bond acceptors (Lipinski definition) is 2. The summed E-state index contributed by atoms with van der Waals surface area (Å²) in [5.41, 5.74) is 4.80. The van der Waals surface area contributed by atoms with Crippen LogP contribution in [-0.2, 0) is 37.6 Å². The summed E-state index contributed by atoms with van der Waals surface area (Å²) in [6, 6.07) is 8.02. The van der Waals surface area contributed by atoms with Gasteiger partial charge < -0.3 is 9.88 Å². The van der Waals surface area contributed by atoms with Crippen molar-refractivity contribution in [2.24, 2.45) is 7.05 Å². The molecule has 1 aromatic carbocycles. The minimum absolute atomic E-state index is 0.0512. The Morgan fingerprint density at radius 2 is 2.05 bits per heavy atom.